The molecule has 2 saturated carbocycles. The topological polar surface area (TPSA) is 57.5 Å². The molecule has 0 aliphatic heterocycles. The third kappa shape index (κ3) is 2.15. The molecule has 2 aliphatic rings. The van der Waals surface area contributed by atoms with Crippen molar-refractivity contribution in [3.05, 3.63) is 0 Å². The molecule has 0 spiro atoms. The van der Waals surface area contributed by atoms with E-state index in [0.29, 0.717) is 25.2 Å². The maximum absolute atomic E-state index is 12.2. The Labute approximate surface area is 116 Å². The summed E-state index contributed by atoms with van der Waals surface area (Å²) in [6.45, 7) is 10.3. The summed E-state index contributed by atoms with van der Waals surface area (Å²) in [5.74, 6) is 0.372. The highest BCUT2D eigenvalue weighted by molar-refractivity contribution is 5.99. The number of hydrogen-bond acceptors (Lipinski definition) is 3. The molecule has 2 N–H and O–H groups in total. The van der Waals surface area contributed by atoms with E-state index in [0.717, 1.165) is 12.8 Å². The van der Waals surface area contributed by atoms with E-state index in [9.17, 15) is 15.0 Å². The molecule has 0 heterocycles. The lowest BCUT2D eigenvalue weighted by Crippen LogP contribution is -2.72. The molecule has 19 heavy (non-hydrogen) atoms. The van der Waals surface area contributed by atoms with E-state index in [-0.39, 0.29) is 11.2 Å². The van der Waals surface area contributed by atoms with E-state index >= 15 is 0 Å². The van der Waals surface area contributed by atoms with Crippen molar-refractivity contribution in [2.45, 2.75) is 77.9 Å². The SMILES string of the molecule is CC1(C)C[C@@](O)(C2(O)CCC(C(C)(C)C)CC2)C1=O. The smallest absolute Gasteiger partial charge is 0.173 e. The summed E-state index contributed by atoms with van der Waals surface area (Å²) in [4.78, 5) is 12.2. The largest absolute Gasteiger partial charge is 0.386 e. The van der Waals surface area contributed by atoms with Gasteiger partial charge < -0.3 is 10.2 Å². The number of rotatable bonds is 1. The quantitative estimate of drug-likeness (QED) is 0.768. The normalized spacial score (nSPS) is 42.9. The summed E-state index contributed by atoms with van der Waals surface area (Å²) in [7, 11) is 0. The van der Waals surface area contributed by atoms with Gasteiger partial charge in [0.25, 0.3) is 0 Å². The Kier molecular flexibility index (Phi) is 3.19. The van der Waals surface area contributed by atoms with Crippen molar-refractivity contribution < 1.29 is 15.0 Å². The van der Waals surface area contributed by atoms with Gasteiger partial charge in [0.2, 0.25) is 0 Å². The molecular formula is C16H28O3. The van der Waals surface area contributed by atoms with Gasteiger partial charge in [-0.3, -0.25) is 4.79 Å². The standard InChI is InChI=1S/C16H28O3/c1-13(2,3)11-6-8-15(18,9-7-11)16(19)10-14(4,5)12(16)17/h11,18-19H,6-10H2,1-5H3/t11?,15?,16-/m0/s1. The number of ketones is 1. The Balaban J connectivity index is 2.10. The van der Waals surface area contributed by atoms with Crippen LogP contribution in [0.5, 0.6) is 0 Å². The van der Waals surface area contributed by atoms with Crippen LogP contribution in [0.2, 0.25) is 0 Å². The molecule has 110 valence electrons. The maximum atomic E-state index is 12.2. The summed E-state index contributed by atoms with van der Waals surface area (Å²) in [6, 6.07) is 0. The van der Waals surface area contributed by atoms with Gasteiger partial charge in [-0.2, -0.15) is 0 Å². The summed E-state index contributed by atoms with van der Waals surface area (Å²) in [5, 5.41) is 21.4. The zero-order valence-electron chi connectivity index (χ0n) is 12.9. The first kappa shape index (κ1) is 15.0. The second kappa shape index (κ2) is 4.05. The van der Waals surface area contributed by atoms with Crippen molar-refractivity contribution in [1.29, 1.82) is 0 Å². The third-order valence-electron chi connectivity index (χ3n) is 5.50. The molecule has 3 nitrogen and oxygen atoms in total. The molecule has 0 radical (unpaired) electrons. The molecule has 2 rings (SSSR count). The van der Waals surface area contributed by atoms with Gasteiger partial charge in [0.1, 0.15) is 5.60 Å². The zero-order valence-corrected chi connectivity index (χ0v) is 12.9. The fourth-order valence-electron chi connectivity index (χ4n) is 4.00. The molecule has 1 atom stereocenters. The Bertz CT molecular complexity index is 383. The minimum Gasteiger partial charge on any atom is -0.386 e. The van der Waals surface area contributed by atoms with Crippen LogP contribution >= 0.6 is 0 Å². The highest BCUT2D eigenvalue weighted by Crippen LogP contribution is 2.55. The average molecular weight is 268 g/mol. The van der Waals surface area contributed by atoms with Crippen molar-refractivity contribution >= 4 is 5.78 Å². The van der Waals surface area contributed by atoms with Gasteiger partial charge in [0.15, 0.2) is 11.4 Å². The van der Waals surface area contributed by atoms with Crippen LogP contribution in [0, 0.1) is 16.7 Å². The highest BCUT2D eigenvalue weighted by atomic mass is 16.4. The molecule has 0 saturated heterocycles. The molecule has 3 heteroatoms. The number of carbonyl (C=O) groups is 1. The van der Waals surface area contributed by atoms with Gasteiger partial charge >= 0.3 is 0 Å². The van der Waals surface area contributed by atoms with Gasteiger partial charge in [0, 0.05) is 5.41 Å². The lowest BCUT2D eigenvalue weighted by atomic mass is 9.50. The minimum absolute atomic E-state index is 0.184. The van der Waals surface area contributed by atoms with Gasteiger partial charge in [-0.05, 0) is 43.4 Å². The number of hydrogen-bond donors (Lipinski definition) is 2. The van der Waals surface area contributed by atoms with E-state index in [4.69, 9.17) is 0 Å². The predicted molar refractivity (Wildman–Crippen MR) is 74.7 cm³/mol. The average Bonchev–Trinajstić information content (AvgIpc) is 2.27. The first-order valence-corrected chi connectivity index (χ1v) is 7.42. The summed E-state index contributed by atoms with van der Waals surface area (Å²) < 4.78 is 0. The fourth-order valence-corrected chi connectivity index (χ4v) is 4.00. The van der Waals surface area contributed by atoms with E-state index < -0.39 is 16.6 Å². The minimum atomic E-state index is -1.50. The van der Waals surface area contributed by atoms with Gasteiger partial charge in [-0.25, -0.2) is 0 Å². The molecular weight excluding hydrogens is 240 g/mol. The van der Waals surface area contributed by atoms with E-state index in [2.05, 4.69) is 20.8 Å². The van der Waals surface area contributed by atoms with Crippen LogP contribution in [0.3, 0.4) is 0 Å². The fraction of sp³-hybridized carbons (Fsp3) is 0.938. The van der Waals surface area contributed by atoms with Crippen molar-refractivity contribution in [1.82, 2.24) is 0 Å². The first-order valence-electron chi connectivity index (χ1n) is 7.42. The molecule has 2 aliphatic carbocycles. The van der Waals surface area contributed by atoms with Crippen LogP contribution in [-0.4, -0.2) is 27.2 Å². The van der Waals surface area contributed by atoms with Crippen molar-refractivity contribution in [3.8, 4) is 0 Å². The van der Waals surface area contributed by atoms with Crippen molar-refractivity contribution in [2.24, 2.45) is 16.7 Å². The van der Waals surface area contributed by atoms with E-state index in [1.807, 2.05) is 13.8 Å². The van der Waals surface area contributed by atoms with Crippen molar-refractivity contribution in [2.75, 3.05) is 0 Å². The van der Waals surface area contributed by atoms with E-state index in [1.165, 1.54) is 0 Å². The maximum Gasteiger partial charge on any atom is 0.173 e. The second-order valence-corrected chi connectivity index (χ2v) is 8.42. The van der Waals surface area contributed by atoms with E-state index in [1.54, 1.807) is 0 Å². The van der Waals surface area contributed by atoms with Crippen LogP contribution in [0.15, 0.2) is 0 Å². The Hall–Kier alpha value is -0.410. The molecule has 0 bridgehead atoms. The third-order valence-corrected chi connectivity index (χ3v) is 5.50. The Morgan fingerprint density at radius 3 is 1.89 bits per heavy atom. The molecule has 0 aromatic rings. The number of carbonyl (C=O) groups excluding carboxylic acids is 1. The molecule has 0 aromatic heterocycles. The monoisotopic (exact) mass is 268 g/mol. The Morgan fingerprint density at radius 2 is 1.58 bits per heavy atom. The van der Waals surface area contributed by atoms with Crippen LogP contribution < -0.4 is 0 Å². The first-order chi connectivity index (χ1) is 8.42. The predicted octanol–water partition coefficient (Wildman–Crippen LogP) is 2.68. The lowest BCUT2D eigenvalue weighted by Gasteiger charge is -2.57. The van der Waals surface area contributed by atoms with Gasteiger partial charge in [0.05, 0.1) is 0 Å². The van der Waals surface area contributed by atoms with Crippen LogP contribution in [0.1, 0.15) is 66.7 Å². The second-order valence-electron chi connectivity index (χ2n) is 8.42. The van der Waals surface area contributed by atoms with Crippen LogP contribution in [0.4, 0.5) is 0 Å². The molecule has 0 amide bonds. The lowest BCUT2D eigenvalue weighted by molar-refractivity contribution is -0.227. The van der Waals surface area contributed by atoms with Gasteiger partial charge in [-0.1, -0.05) is 34.6 Å². The number of Topliss-reactive ketones (excluding diaryl/α,β-unsaturated/α-hetero) is 1. The summed E-state index contributed by atoms with van der Waals surface area (Å²) >= 11 is 0. The van der Waals surface area contributed by atoms with Crippen molar-refractivity contribution in [3.63, 3.8) is 0 Å². The highest BCUT2D eigenvalue weighted by Gasteiger charge is 2.67. The molecule has 2 fully saturated rings. The Morgan fingerprint density at radius 1 is 1.11 bits per heavy atom. The molecule has 0 aromatic carbocycles. The zero-order chi connectivity index (χ0) is 14.7. The van der Waals surface area contributed by atoms with Crippen LogP contribution in [-0.2, 0) is 4.79 Å². The van der Waals surface area contributed by atoms with Crippen LogP contribution in [0.25, 0.3) is 0 Å². The number of aliphatic hydroxyl groups is 2. The molecule has 0 unspecified atom stereocenters. The summed E-state index contributed by atoms with van der Waals surface area (Å²) in [5.41, 5.74) is -2.96. The van der Waals surface area contributed by atoms with Gasteiger partial charge in [-0.15, -0.1) is 0 Å². The summed E-state index contributed by atoms with van der Waals surface area (Å²) in [6.07, 6.45) is 3.22.